The van der Waals surface area contributed by atoms with E-state index in [2.05, 4.69) is 14.5 Å². The summed E-state index contributed by atoms with van der Waals surface area (Å²) in [6.07, 6.45) is -3.67. The highest BCUT2D eigenvalue weighted by Gasteiger charge is 2.46. The first-order chi connectivity index (χ1) is 15.7. The van der Waals surface area contributed by atoms with Crippen LogP contribution in [0.1, 0.15) is 37.6 Å². The molecule has 1 amide bonds. The van der Waals surface area contributed by atoms with Gasteiger partial charge >= 0.3 is 12.3 Å². The van der Waals surface area contributed by atoms with E-state index in [0.717, 1.165) is 15.8 Å². The summed E-state index contributed by atoms with van der Waals surface area (Å²) in [5.74, 6) is -1.58. The van der Waals surface area contributed by atoms with Crippen LogP contribution >= 0.6 is 0 Å². The van der Waals surface area contributed by atoms with Gasteiger partial charge in [-0.3, -0.25) is 4.79 Å². The summed E-state index contributed by atoms with van der Waals surface area (Å²) in [4.78, 5) is 30.3. The van der Waals surface area contributed by atoms with Gasteiger partial charge in [0.05, 0.1) is 14.5 Å². The quantitative estimate of drug-likeness (QED) is 0.621. The minimum Gasteiger partial charge on any atom is -0.467 e. The van der Waals surface area contributed by atoms with E-state index in [1.807, 2.05) is 24.3 Å². The lowest BCUT2D eigenvalue weighted by Gasteiger charge is -2.41. The summed E-state index contributed by atoms with van der Waals surface area (Å²) in [6, 6.07) is 8.24. The van der Waals surface area contributed by atoms with Crippen LogP contribution in [0, 0.1) is 0 Å². The number of ether oxygens (including phenoxy) is 3. The van der Waals surface area contributed by atoms with Crippen LogP contribution < -0.4 is 9.47 Å². The van der Waals surface area contributed by atoms with Gasteiger partial charge < -0.3 is 24.1 Å². The van der Waals surface area contributed by atoms with Crippen LogP contribution in [0.4, 0.5) is 8.78 Å². The predicted molar refractivity (Wildman–Crippen MR) is 109 cm³/mol. The number of hydrogen-bond donors (Lipinski definition) is 1. The van der Waals surface area contributed by atoms with Crippen LogP contribution in [0.25, 0.3) is 10.9 Å². The number of halogens is 2. The summed E-state index contributed by atoms with van der Waals surface area (Å²) in [6.45, 7) is 1.62. The van der Waals surface area contributed by atoms with Crippen molar-refractivity contribution in [3.63, 3.8) is 0 Å². The van der Waals surface area contributed by atoms with Crippen LogP contribution in [-0.2, 0) is 20.7 Å². The smallest absolute Gasteiger partial charge is 0.467 e. The minimum atomic E-state index is -3.83. The number of alkyl halides is 2. The molecule has 0 fully saturated rings. The molecule has 2 atom stereocenters. The van der Waals surface area contributed by atoms with Crippen LogP contribution in [0.5, 0.6) is 11.5 Å². The molecule has 3 heterocycles. The van der Waals surface area contributed by atoms with E-state index in [4.69, 9.17) is 4.74 Å². The van der Waals surface area contributed by atoms with E-state index in [1.54, 1.807) is 6.92 Å². The van der Waals surface area contributed by atoms with Gasteiger partial charge in [0.2, 0.25) is 5.91 Å². The molecule has 0 saturated carbocycles. The van der Waals surface area contributed by atoms with Gasteiger partial charge in [-0.05, 0) is 29.3 Å². The molecule has 0 bridgehead atoms. The number of nitrogens with zero attached hydrogens (tertiary/aromatic N) is 1. The summed E-state index contributed by atoms with van der Waals surface area (Å²) < 4.78 is 50.9. The number of rotatable bonds is 3. The molecule has 2 aliphatic rings. The van der Waals surface area contributed by atoms with Crippen LogP contribution in [-0.4, -0.2) is 41.2 Å². The van der Waals surface area contributed by atoms with Crippen molar-refractivity contribution in [1.82, 2.24) is 9.88 Å². The number of nitrogens with one attached hydrogen (secondary N) is 1. The summed E-state index contributed by atoms with van der Waals surface area (Å²) in [7, 11) is 1.22. The highest BCUT2D eigenvalue weighted by molar-refractivity contribution is 5.90. The lowest BCUT2D eigenvalue weighted by atomic mass is 9.87. The maximum Gasteiger partial charge on any atom is 0.586 e. The molecule has 166 valence electrons. The van der Waals surface area contributed by atoms with Gasteiger partial charge in [0, 0.05) is 29.4 Å². The molecule has 7 nitrogen and oxygen atoms in total. The highest BCUT2D eigenvalue weighted by Crippen LogP contribution is 2.46. The summed E-state index contributed by atoms with van der Waals surface area (Å²) in [5, 5.41) is 0.800. The van der Waals surface area contributed by atoms with E-state index >= 15 is 0 Å². The first-order valence-corrected chi connectivity index (χ1v) is 10.1. The molecule has 1 N–H and O–H groups in total. The number of aromatic nitrogens is 1. The van der Waals surface area contributed by atoms with Gasteiger partial charge in [-0.25, -0.2) is 4.79 Å². The Labute approximate surface area is 183 Å². The number of aromatic amines is 1. The van der Waals surface area contributed by atoms with Crippen molar-refractivity contribution in [1.29, 1.82) is 0 Å². The Bertz CT molecular complexity index is 1290. The molecule has 0 radical (unpaired) electrons. The van der Waals surface area contributed by atoms with E-state index in [0.29, 0.717) is 11.3 Å². The number of hydrogen-bond acceptors (Lipinski definition) is 5. The SMILES string of the molecule is [2H][C@]1(c2ccc3c(c2)OC(F)(F)O3)c2[nH]c3ccccc3c2C[C@H](C(=O)OC)N1C(=O)CC. The van der Waals surface area contributed by atoms with Gasteiger partial charge in [-0.2, -0.15) is 0 Å². The molecule has 2 aliphatic heterocycles. The molecule has 3 aromatic rings. The fourth-order valence-electron chi connectivity index (χ4n) is 4.35. The van der Waals surface area contributed by atoms with Crippen molar-refractivity contribution >= 4 is 22.8 Å². The second-order valence-corrected chi connectivity index (χ2v) is 7.56. The Morgan fingerprint density at radius 1 is 1.25 bits per heavy atom. The van der Waals surface area contributed by atoms with E-state index < -0.39 is 30.2 Å². The molecule has 0 unspecified atom stereocenters. The maximum absolute atomic E-state index is 13.6. The van der Waals surface area contributed by atoms with Crippen molar-refractivity contribution in [2.75, 3.05) is 7.11 Å². The largest absolute Gasteiger partial charge is 0.586 e. The number of amides is 1. The lowest BCUT2D eigenvalue weighted by molar-refractivity contribution is -0.286. The standard InChI is InChI=1S/C23H20F2N2O5/c1-3-19(28)27-16(22(29)30-2)11-14-13-6-4-5-7-15(13)26-20(14)21(27)12-8-9-17-18(10-12)32-23(24,25)31-17/h4-10,16,21,26H,3,11H2,1-2H3/t16-,21+/m1/s1/i21D. The first kappa shape index (κ1) is 19.1. The first-order valence-electron chi connectivity index (χ1n) is 10.6. The average molecular weight is 443 g/mol. The predicted octanol–water partition coefficient (Wildman–Crippen LogP) is 3.92. The number of carbonyl (C=O) groups is 2. The van der Waals surface area contributed by atoms with Gasteiger partial charge in [-0.15, -0.1) is 8.78 Å². The molecule has 1 aromatic heterocycles. The molecule has 2 aromatic carbocycles. The normalized spacial score (nSPS) is 23.6. The molecule has 32 heavy (non-hydrogen) atoms. The van der Waals surface area contributed by atoms with Crippen LogP contribution in [0.15, 0.2) is 42.5 Å². The monoisotopic (exact) mass is 443 g/mol. The van der Waals surface area contributed by atoms with Gasteiger partial charge in [0.1, 0.15) is 6.04 Å². The fourth-order valence-corrected chi connectivity index (χ4v) is 4.35. The van der Waals surface area contributed by atoms with Crippen molar-refractivity contribution in [2.45, 2.75) is 38.1 Å². The zero-order chi connectivity index (χ0) is 23.5. The number of H-pyrrole nitrogens is 1. The molecular weight excluding hydrogens is 422 g/mol. The van der Waals surface area contributed by atoms with Crippen molar-refractivity contribution in [3.8, 4) is 11.5 Å². The summed E-state index contributed by atoms with van der Waals surface area (Å²) >= 11 is 0. The molecule has 5 rings (SSSR count). The molecule has 0 aliphatic carbocycles. The van der Waals surface area contributed by atoms with Gasteiger partial charge in [0.15, 0.2) is 11.5 Å². The Balaban J connectivity index is 1.79. The maximum atomic E-state index is 13.6. The molecule has 0 saturated heterocycles. The third-order valence-electron chi connectivity index (χ3n) is 5.72. The fraction of sp³-hybridized carbons (Fsp3) is 0.304. The van der Waals surface area contributed by atoms with Gasteiger partial charge in [-0.1, -0.05) is 31.2 Å². The van der Waals surface area contributed by atoms with Crippen molar-refractivity contribution in [2.24, 2.45) is 0 Å². The highest BCUT2D eigenvalue weighted by atomic mass is 19.3. The Morgan fingerprint density at radius 2 is 2.00 bits per heavy atom. The van der Waals surface area contributed by atoms with E-state index in [-0.39, 0.29) is 29.9 Å². The Morgan fingerprint density at radius 3 is 2.75 bits per heavy atom. The molecule has 9 heteroatoms. The van der Waals surface area contributed by atoms with E-state index in [9.17, 15) is 19.7 Å². The number of carbonyl (C=O) groups excluding carboxylic acids is 2. The zero-order valence-corrected chi connectivity index (χ0v) is 17.3. The third kappa shape index (κ3) is 3.07. The summed E-state index contributed by atoms with van der Waals surface area (Å²) in [5.41, 5.74) is 1.93. The number of para-hydroxylation sites is 1. The van der Waals surface area contributed by atoms with Crippen molar-refractivity contribution < 1.29 is 34.0 Å². The van der Waals surface area contributed by atoms with E-state index in [1.165, 1.54) is 25.3 Å². The van der Waals surface area contributed by atoms with Gasteiger partial charge in [0.25, 0.3) is 0 Å². The Kier molecular flexibility index (Phi) is 4.31. The number of methoxy groups -OCH3 is 1. The Hall–Kier alpha value is -3.62. The third-order valence-corrected chi connectivity index (χ3v) is 5.72. The topological polar surface area (TPSA) is 80.9 Å². The zero-order valence-electron chi connectivity index (χ0n) is 18.3. The molecular formula is C23H20F2N2O5. The number of fused-ring (bicyclic) bond motifs is 4. The minimum absolute atomic E-state index is 0.0201. The number of esters is 1. The lowest BCUT2D eigenvalue weighted by Crippen LogP contribution is -2.51. The number of benzene rings is 2. The second-order valence-electron chi connectivity index (χ2n) is 7.56. The second kappa shape index (κ2) is 7.22. The average Bonchev–Trinajstić information content (AvgIpc) is 3.33. The molecule has 0 spiro atoms. The van der Waals surface area contributed by atoms with Crippen molar-refractivity contribution in [3.05, 3.63) is 59.3 Å². The van der Waals surface area contributed by atoms with Crippen LogP contribution in [0.2, 0.25) is 0 Å². The van der Waals surface area contributed by atoms with Crippen LogP contribution in [0.3, 0.4) is 0 Å².